The van der Waals surface area contributed by atoms with Crippen molar-refractivity contribution in [3.8, 4) is 33.5 Å². The van der Waals surface area contributed by atoms with Crippen LogP contribution in [0.4, 0.5) is 4.39 Å². The Hall–Kier alpha value is -3.67. The van der Waals surface area contributed by atoms with E-state index >= 15 is 0 Å². The van der Waals surface area contributed by atoms with Crippen LogP contribution in [-0.4, -0.2) is 40.5 Å². The third kappa shape index (κ3) is 5.06. The summed E-state index contributed by atoms with van der Waals surface area (Å²) >= 11 is 6.15. The molecule has 0 saturated carbocycles. The molecule has 3 aromatic heterocycles. The number of hydrogen-bond acceptors (Lipinski definition) is 4. The number of nitrogens with zero attached hydrogens (tertiary/aromatic N) is 4. The predicted molar refractivity (Wildman–Crippen MR) is 141 cm³/mol. The average molecular weight is 483 g/mol. The SMILES string of the molecule is CN(C)CCc1ccc(-c2cncc(-c3cc(-c4cc(Cl)ccc4F)nc4ncccc34)c2)cc1. The molecule has 35 heavy (non-hydrogen) atoms. The lowest BCUT2D eigenvalue weighted by atomic mass is 9.97. The van der Waals surface area contributed by atoms with E-state index in [4.69, 9.17) is 11.6 Å². The van der Waals surface area contributed by atoms with Gasteiger partial charge in [0.1, 0.15) is 5.82 Å². The minimum absolute atomic E-state index is 0.337. The Morgan fingerprint density at radius 3 is 2.46 bits per heavy atom. The highest BCUT2D eigenvalue weighted by molar-refractivity contribution is 6.30. The first-order valence-corrected chi connectivity index (χ1v) is 11.8. The molecule has 0 aliphatic rings. The highest BCUT2D eigenvalue weighted by Gasteiger charge is 2.14. The molecular formula is C29H24ClFN4. The summed E-state index contributed by atoms with van der Waals surface area (Å²) in [5, 5.41) is 1.32. The van der Waals surface area contributed by atoms with Gasteiger partial charge in [-0.05, 0) is 79.7 Å². The quantitative estimate of drug-likeness (QED) is 0.263. The maximum atomic E-state index is 14.7. The lowest BCUT2D eigenvalue weighted by Gasteiger charge is -2.12. The lowest BCUT2D eigenvalue weighted by Crippen LogP contribution is -2.14. The van der Waals surface area contributed by atoms with E-state index in [1.54, 1.807) is 12.3 Å². The van der Waals surface area contributed by atoms with Crippen molar-refractivity contribution in [1.82, 2.24) is 19.9 Å². The van der Waals surface area contributed by atoms with Crippen LogP contribution in [0.2, 0.25) is 5.02 Å². The minimum atomic E-state index is -0.385. The third-order valence-corrected chi connectivity index (χ3v) is 6.21. The summed E-state index contributed by atoms with van der Waals surface area (Å²) in [6.07, 6.45) is 6.36. The molecule has 0 bridgehead atoms. The van der Waals surface area contributed by atoms with Crippen LogP contribution in [0.3, 0.4) is 0 Å². The van der Waals surface area contributed by atoms with Gasteiger partial charge in [0.05, 0.1) is 5.69 Å². The number of halogens is 2. The van der Waals surface area contributed by atoms with Crippen LogP contribution in [0.15, 0.2) is 85.3 Å². The van der Waals surface area contributed by atoms with Crippen molar-refractivity contribution in [2.45, 2.75) is 6.42 Å². The number of rotatable bonds is 6. The van der Waals surface area contributed by atoms with Crippen LogP contribution in [0, 0.1) is 5.82 Å². The normalized spacial score (nSPS) is 11.3. The Balaban J connectivity index is 1.58. The second-order valence-corrected chi connectivity index (χ2v) is 9.20. The summed E-state index contributed by atoms with van der Waals surface area (Å²) in [6, 6.07) is 20.9. The zero-order chi connectivity index (χ0) is 24.4. The van der Waals surface area contributed by atoms with Gasteiger partial charge in [-0.15, -0.1) is 0 Å². The van der Waals surface area contributed by atoms with Gasteiger partial charge in [-0.2, -0.15) is 0 Å². The number of hydrogen-bond donors (Lipinski definition) is 0. The molecule has 5 rings (SSSR count). The molecule has 0 amide bonds. The van der Waals surface area contributed by atoms with Gasteiger partial charge >= 0.3 is 0 Å². The van der Waals surface area contributed by atoms with Crippen molar-refractivity contribution in [2.24, 2.45) is 0 Å². The fourth-order valence-electron chi connectivity index (χ4n) is 4.09. The fraction of sp³-hybridized carbons (Fsp3) is 0.138. The minimum Gasteiger partial charge on any atom is -0.309 e. The molecule has 174 valence electrons. The molecule has 0 atom stereocenters. The van der Waals surface area contributed by atoms with Crippen molar-refractivity contribution in [3.05, 3.63) is 102 Å². The average Bonchev–Trinajstić information content (AvgIpc) is 2.88. The van der Waals surface area contributed by atoms with E-state index in [1.165, 1.54) is 17.7 Å². The highest BCUT2D eigenvalue weighted by atomic mass is 35.5. The summed E-state index contributed by atoms with van der Waals surface area (Å²) < 4.78 is 14.7. The predicted octanol–water partition coefficient (Wildman–Crippen LogP) is 6.92. The molecule has 5 aromatic rings. The van der Waals surface area contributed by atoms with Crippen LogP contribution in [0.25, 0.3) is 44.5 Å². The van der Waals surface area contributed by atoms with Gasteiger partial charge in [-0.3, -0.25) is 4.98 Å². The topological polar surface area (TPSA) is 41.9 Å². The Bertz CT molecular complexity index is 1500. The van der Waals surface area contributed by atoms with E-state index in [2.05, 4.69) is 64.3 Å². The van der Waals surface area contributed by atoms with E-state index in [1.807, 2.05) is 30.6 Å². The zero-order valence-corrected chi connectivity index (χ0v) is 20.3. The van der Waals surface area contributed by atoms with Crippen LogP contribution in [0.1, 0.15) is 5.56 Å². The third-order valence-electron chi connectivity index (χ3n) is 5.97. The molecule has 0 fully saturated rings. The van der Waals surface area contributed by atoms with Crippen molar-refractivity contribution in [2.75, 3.05) is 20.6 Å². The largest absolute Gasteiger partial charge is 0.309 e. The summed E-state index contributed by atoms with van der Waals surface area (Å²) in [6.45, 7) is 1.01. The van der Waals surface area contributed by atoms with Gasteiger partial charge in [0, 0.05) is 52.2 Å². The second kappa shape index (κ2) is 9.90. The van der Waals surface area contributed by atoms with Crippen LogP contribution >= 0.6 is 11.6 Å². The molecule has 0 radical (unpaired) electrons. The van der Waals surface area contributed by atoms with E-state index in [9.17, 15) is 4.39 Å². The number of pyridine rings is 3. The maximum absolute atomic E-state index is 14.7. The Kier molecular flexibility index (Phi) is 6.53. The van der Waals surface area contributed by atoms with Gasteiger partial charge in [0.2, 0.25) is 0 Å². The van der Waals surface area contributed by atoms with Crippen molar-refractivity contribution in [1.29, 1.82) is 0 Å². The first-order valence-electron chi connectivity index (χ1n) is 11.4. The van der Waals surface area contributed by atoms with Gasteiger partial charge in [-0.1, -0.05) is 35.9 Å². The Labute approximate surface area is 209 Å². The van der Waals surface area contributed by atoms with Crippen LogP contribution < -0.4 is 0 Å². The van der Waals surface area contributed by atoms with E-state index in [0.29, 0.717) is 21.9 Å². The van der Waals surface area contributed by atoms with E-state index in [-0.39, 0.29) is 5.82 Å². The summed E-state index contributed by atoms with van der Waals surface area (Å²) in [4.78, 5) is 15.8. The molecule has 6 heteroatoms. The molecule has 0 saturated heterocycles. The molecule has 0 spiro atoms. The van der Waals surface area contributed by atoms with Crippen molar-refractivity contribution < 1.29 is 4.39 Å². The first-order chi connectivity index (χ1) is 17.0. The molecule has 0 N–H and O–H groups in total. The van der Waals surface area contributed by atoms with Crippen LogP contribution in [0.5, 0.6) is 0 Å². The van der Waals surface area contributed by atoms with Gasteiger partial charge in [0.15, 0.2) is 5.65 Å². The van der Waals surface area contributed by atoms with Crippen molar-refractivity contribution in [3.63, 3.8) is 0 Å². The van der Waals surface area contributed by atoms with E-state index in [0.717, 1.165) is 40.6 Å². The smallest absolute Gasteiger partial charge is 0.160 e. The number of fused-ring (bicyclic) bond motifs is 1. The number of benzene rings is 2. The Morgan fingerprint density at radius 1 is 0.857 bits per heavy atom. The number of likely N-dealkylation sites (N-methyl/N-ethyl adjacent to an activating group) is 1. The zero-order valence-electron chi connectivity index (χ0n) is 19.5. The van der Waals surface area contributed by atoms with E-state index < -0.39 is 0 Å². The van der Waals surface area contributed by atoms with Gasteiger partial charge in [0.25, 0.3) is 0 Å². The van der Waals surface area contributed by atoms with Gasteiger partial charge < -0.3 is 4.90 Å². The first kappa shape index (κ1) is 23.1. The molecule has 0 aliphatic carbocycles. The summed E-state index contributed by atoms with van der Waals surface area (Å²) in [5.41, 5.74) is 6.53. The van der Waals surface area contributed by atoms with Crippen molar-refractivity contribution >= 4 is 22.6 Å². The molecule has 0 unspecified atom stereocenters. The molecular weight excluding hydrogens is 459 g/mol. The molecule has 3 heterocycles. The summed E-state index contributed by atoms with van der Waals surface area (Å²) in [7, 11) is 4.16. The summed E-state index contributed by atoms with van der Waals surface area (Å²) in [5.74, 6) is -0.385. The van der Waals surface area contributed by atoms with Crippen LogP contribution in [-0.2, 0) is 6.42 Å². The molecule has 4 nitrogen and oxygen atoms in total. The maximum Gasteiger partial charge on any atom is 0.160 e. The second-order valence-electron chi connectivity index (χ2n) is 8.77. The molecule has 0 aliphatic heterocycles. The molecule has 2 aromatic carbocycles. The Morgan fingerprint density at radius 2 is 1.66 bits per heavy atom. The highest BCUT2D eigenvalue weighted by Crippen LogP contribution is 2.34. The monoisotopic (exact) mass is 482 g/mol. The number of aromatic nitrogens is 3. The lowest BCUT2D eigenvalue weighted by molar-refractivity contribution is 0.413. The van der Waals surface area contributed by atoms with Gasteiger partial charge in [-0.25, -0.2) is 14.4 Å². The standard InChI is InChI=1S/C29H24ClFN4/c1-35(2)13-11-19-5-7-20(8-6-19)21-14-22(18-32-17-21)25-16-28(26-15-23(30)9-10-27(26)31)34-29-24(25)4-3-12-33-29/h3-10,12,14-18H,11,13H2,1-2H3. The fourth-order valence-corrected chi connectivity index (χ4v) is 4.26.